The van der Waals surface area contributed by atoms with Gasteiger partial charge in [-0.25, -0.2) is 0 Å². The molecule has 1 heterocycles. The highest BCUT2D eigenvalue weighted by Gasteiger charge is 2.11. The van der Waals surface area contributed by atoms with Crippen LogP contribution in [0.25, 0.3) is 22.2 Å². The van der Waals surface area contributed by atoms with E-state index in [9.17, 15) is 0 Å². The van der Waals surface area contributed by atoms with Gasteiger partial charge >= 0.3 is 0 Å². The zero-order valence-electron chi connectivity index (χ0n) is 16.1. The number of benzene rings is 3. The minimum Gasteiger partial charge on any atom is -0.495 e. The highest BCUT2D eigenvalue weighted by Crippen LogP contribution is 2.30. The first-order valence-corrected chi connectivity index (χ1v) is 10.0. The summed E-state index contributed by atoms with van der Waals surface area (Å²) in [6.45, 7) is 0. The van der Waals surface area contributed by atoms with Gasteiger partial charge < -0.3 is 15.0 Å². The van der Waals surface area contributed by atoms with Crippen LogP contribution in [0.4, 0.5) is 5.69 Å². The third-order valence-corrected chi connectivity index (χ3v) is 5.04. The van der Waals surface area contributed by atoms with E-state index in [4.69, 9.17) is 28.6 Å². The highest BCUT2D eigenvalue weighted by atomic mass is 35.5. The third-order valence-electron chi connectivity index (χ3n) is 4.59. The van der Waals surface area contributed by atoms with E-state index < -0.39 is 0 Å². The number of thiocarbonyl (C=S) groups is 1. The molecule has 150 valence electrons. The summed E-state index contributed by atoms with van der Waals surface area (Å²) in [5, 5.41) is 9.57. The van der Waals surface area contributed by atoms with Gasteiger partial charge in [0.05, 0.1) is 24.7 Å². The number of halogens is 1. The molecule has 1 aromatic heterocycles. The van der Waals surface area contributed by atoms with Crippen molar-refractivity contribution >= 4 is 51.7 Å². The number of aromatic nitrogens is 1. The van der Waals surface area contributed by atoms with E-state index in [0.29, 0.717) is 15.9 Å². The normalized spacial score (nSPS) is 11.0. The lowest BCUT2D eigenvalue weighted by molar-refractivity contribution is 0.417. The van der Waals surface area contributed by atoms with Crippen LogP contribution in [0.1, 0.15) is 5.56 Å². The molecule has 0 bridgehead atoms. The average molecular weight is 435 g/mol. The van der Waals surface area contributed by atoms with Crippen LogP contribution in [0.5, 0.6) is 5.75 Å². The Labute approximate surface area is 184 Å². The summed E-state index contributed by atoms with van der Waals surface area (Å²) in [4.78, 5) is 3.47. The first-order valence-electron chi connectivity index (χ1n) is 9.25. The standard InChI is InChI=1S/C23H19ClN4OS/c1-29-21-9-5-4-8-20(21)27-23(30)28-25-14-18-17-6-2-3-7-19(17)26-22(18)15-10-12-16(24)13-11-15/h2-14,26H,1H3,(H2,27,28,30)/b25-14+. The topological polar surface area (TPSA) is 61.4 Å². The summed E-state index contributed by atoms with van der Waals surface area (Å²) in [5.74, 6) is 0.701. The van der Waals surface area contributed by atoms with Crippen LogP contribution in [-0.2, 0) is 0 Å². The summed E-state index contributed by atoms with van der Waals surface area (Å²) >= 11 is 11.4. The Balaban J connectivity index is 1.58. The predicted octanol–water partition coefficient (Wildman–Crippen LogP) is 5.82. The van der Waals surface area contributed by atoms with Crippen LogP contribution >= 0.6 is 23.8 Å². The van der Waals surface area contributed by atoms with Crippen LogP contribution in [0.2, 0.25) is 5.02 Å². The fourth-order valence-electron chi connectivity index (χ4n) is 3.20. The van der Waals surface area contributed by atoms with E-state index in [0.717, 1.165) is 33.4 Å². The molecule has 4 aromatic rings. The van der Waals surface area contributed by atoms with Gasteiger partial charge in [-0.3, -0.25) is 5.43 Å². The van der Waals surface area contributed by atoms with Gasteiger partial charge in [0.15, 0.2) is 5.11 Å². The Morgan fingerprint density at radius 1 is 1.03 bits per heavy atom. The van der Waals surface area contributed by atoms with Gasteiger partial charge in [0.25, 0.3) is 0 Å². The maximum atomic E-state index is 6.05. The molecule has 0 unspecified atom stereocenters. The number of methoxy groups -OCH3 is 1. The molecule has 0 saturated carbocycles. The van der Waals surface area contributed by atoms with E-state index in [2.05, 4.69) is 26.9 Å². The smallest absolute Gasteiger partial charge is 0.191 e. The molecule has 5 nitrogen and oxygen atoms in total. The fraction of sp³-hybridized carbons (Fsp3) is 0.0435. The number of H-pyrrole nitrogens is 1. The van der Waals surface area contributed by atoms with Gasteiger partial charge in [-0.2, -0.15) is 5.10 Å². The summed E-state index contributed by atoms with van der Waals surface area (Å²) in [5.41, 5.74) is 7.60. The van der Waals surface area contributed by atoms with Crippen molar-refractivity contribution in [3.63, 3.8) is 0 Å². The molecule has 0 spiro atoms. The number of hydrogen-bond donors (Lipinski definition) is 3. The second kappa shape index (κ2) is 8.98. The molecule has 7 heteroatoms. The molecular formula is C23H19ClN4OS. The minimum absolute atomic E-state index is 0.364. The van der Waals surface area contributed by atoms with Crippen molar-refractivity contribution in [2.45, 2.75) is 0 Å². The molecule has 3 N–H and O–H groups in total. The molecule has 3 aromatic carbocycles. The number of nitrogens with one attached hydrogen (secondary N) is 3. The summed E-state index contributed by atoms with van der Waals surface area (Å²) in [6, 6.07) is 23.3. The second-order valence-electron chi connectivity index (χ2n) is 6.49. The molecule has 0 aliphatic heterocycles. The van der Waals surface area contributed by atoms with E-state index in [-0.39, 0.29) is 0 Å². The van der Waals surface area contributed by atoms with Gasteiger partial charge in [0.2, 0.25) is 0 Å². The van der Waals surface area contributed by atoms with Crippen molar-refractivity contribution in [3.8, 4) is 17.0 Å². The number of nitrogens with zero attached hydrogens (tertiary/aromatic N) is 1. The Morgan fingerprint density at radius 2 is 1.77 bits per heavy atom. The maximum absolute atomic E-state index is 6.05. The molecule has 0 amide bonds. The molecular weight excluding hydrogens is 416 g/mol. The Morgan fingerprint density at radius 3 is 2.57 bits per heavy atom. The number of fused-ring (bicyclic) bond motifs is 1. The number of para-hydroxylation sites is 3. The van der Waals surface area contributed by atoms with Gasteiger partial charge in [0, 0.05) is 21.5 Å². The van der Waals surface area contributed by atoms with E-state index in [1.54, 1.807) is 13.3 Å². The van der Waals surface area contributed by atoms with Gasteiger partial charge in [-0.05, 0) is 48.1 Å². The van der Waals surface area contributed by atoms with Gasteiger partial charge in [-0.15, -0.1) is 0 Å². The Kier molecular flexibility index (Phi) is 5.97. The number of aromatic amines is 1. The molecule has 0 atom stereocenters. The van der Waals surface area contributed by atoms with Gasteiger partial charge in [-0.1, -0.05) is 54.1 Å². The first kappa shape index (κ1) is 19.9. The molecule has 0 radical (unpaired) electrons. The zero-order valence-corrected chi connectivity index (χ0v) is 17.7. The van der Waals surface area contributed by atoms with E-state index in [1.165, 1.54) is 0 Å². The van der Waals surface area contributed by atoms with Crippen molar-refractivity contribution in [3.05, 3.63) is 83.4 Å². The molecule has 0 aliphatic carbocycles. The molecule has 0 saturated heterocycles. The molecule has 0 fully saturated rings. The lowest BCUT2D eigenvalue weighted by atomic mass is 10.1. The van der Waals surface area contributed by atoms with E-state index >= 15 is 0 Å². The minimum atomic E-state index is 0.364. The van der Waals surface area contributed by atoms with Crippen molar-refractivity contribution in [1.82, 2.24) is 10.4 Å². The van der Waals surface area contributed by atoms with Crippen LogP contribution in [0.3, 0.4) is 0 Å². The summed E-state index contributed by atoms with van der Waals surface area (Å²) in [7, 11) is 1.62. The monoisotopic (exact) mass is 434 g/mol. The largest absolute Gasteiger partial charge is 0.495 e. The van der Waals surface area contributed by atoms with Gasteiger partial charge in [0.1, 0.15) is 5.75 Å². The molecule has 4 rings (SSSR count). The molecule has 0 aliphatic rings. The summed E-state index contributed by atoms with van der Waals surface area (Å²) in [6.07, 6.45) is 1.76. The predicted molar refractivity (Wildman–Crippen MR) is 129 cm³/mol. The van der Waals surface area contributed by atoms with Crippen LogP contribution in [0, 0.1) is 0 Å². The third kappa shape index (κ3) is 4.30. The Bertz CT molecular complexity index is 1220. The number of anilines is 1. The number of hydrazone groups is 1. The SMILES string of the molecule is COc1ccccc1NC(=S)N/N=C/c1c(-c2ccc(Cl)cc2)[nH]c2ccccc12. The van der Waals surface area contributed by atoms with Crippen molar-refractivity contribution in [2.75, 3.05) is 12.4 Å². The second-order valence-corrected chi connectivity index (χ2v) is 7.34. The van der Waals surface area contributed by atoms with E-state index in [1.807, 2.05) is 66.7 Å². The summed E-state index contributed by atoms with van der Waals surface area (Å²) < 4.78 is 5.33. The fourth-order valence-corrected chi connectivity index (χ4v) is 3.48. The average Bonchev–Trinajstić information content (AvgIpc) is 3.13. The first-order chi connectivity index (χ1) is 14.7. The molecule has 30 heavy (non-hydrogen) atoms. The van der Waals surface area contributed by atoms with Crippen LogP contribution in [-0.4, -0.2) is 23.4 Å². The van der Waals surface area contributed by atoms with Crippen molar-refractivity contribution in [2.24, 2.45) is 5.10 Å². The lowest BCUT2D eigenvalue weighted by Gasteiger charge is -2.10. The Hall–Kier alpha value is -3.35. The quantitative estimate of drug-likeness (QED) is 0.210. The van der Waals surface area contributed by atoms with Crippen molar-refractivity contribution < 1.29 is 4.74 Å². The number of rotatable bonds is 5. The van der Waals surface area contributed by atoms with Crippen LogP contribution in [0.15, 0.2) is 77.9 Å². The lowest BCUT2D eigenvalue weighted by Crippen LogP contribution is -2.24. The van der Waals surface area contributed by atoms with Crippen molar-refractivity contribution in [1.29, 1.82) is 0 Å². The number of hydrogen-bond acceptors (Lipinski definition) is 3. The maximum Gasteiger partial charge on any atom is 0.191 e. The zero-order chi connectivity index (χ0) is 20.9. The van der Waals surface area contributed by atoms with Crippen LogP contribution < -0.4 is 15.5 Å². The highest BCUT2D eigenvalue weighted by molar-refractivity contribution is 7.80. The number of ether oxygens (including phenoxy) is 1.